The zero-order chi connectivity index (χ0) is 31.5. The van der Waals surface area contributed by atoms with Gasteiger partial charge in [-0.05, 0) is 55.0 Å². The molecule has 3 N–H and O–H groups in total. The molecule has 4 aromatic carbocycles. The maximum atomic E-state index is 12.4. The first-order chi connectivity index (χ1) is 20.4. The number of ether oxygens (including phenoxy) is 1. The summed E-state index contributed by atoms with van der Waals surface area (Å²) in [4.78, 5) is 0.0505. The Bertz CT molecular complexity index is 1990. The van der Waals surface area contributed by atoms with Gasteiger partial charge in [-0.15, -0.1) is 15.3 Å². The first kappa shape index (κ1) is 31.4. The smallest absolute Gasteiger partial charge is 0.181 e. The molecule has 0 radical (unpaired) electrons. The molecule has 12 nitrogen and oxygen atoms in total. The number of anilines is 1. The third-order valence-electron chi connectivity index (χ3n) is 6.80. The van der Waals surface area contributed by atoms with Crippen LogP contribution in [0.2, 0.25) is 0 Å². The molecule has 14 heteroatoms. The molecule has 226 valence electrons. The van der Waals surface area contributed by atoms with Crippen LogP contribution in [-0.2, 0) is 19.7 Å². The zero-order valence-corrected chi connectivity index (χ0v) is 25.8. The fourth-order valence-corrected chi connectivity index (χ4v) is 6.26. The second kappa shape index (κ2) is 12.4. The standard InChI is InChI=1S/C29H31N5O7S2/c1-6-42(37,38)18-8-11-21(17(3)14-18)31-34-28-19-9-13-23(29(36)20(19)10-12-22(28)30-4)32-33-24-15-26(41-5)27(16-25(24)35)43(39,40)7-2/h8-16,30,35-36H,6-7H2,1-5H3. The molecule has 0 heterocycles. The van der Waals surface area contributed by atoms with Gasteiger partial charge in [0.2, 0.25) is 0 Å². The minimum Gasteiger partial charge on any atom is -0.506 e. The molecule has 0 fully saturated rings. The zero-order valence-electron chi connectivity index (χ0n) is 24.2. The van der Waals surface area contributed by atoms with E-state index in [1.165, 1.54) is 32.2 Å². The summed E-state index contributed by atoms with van der Waals surface area (Å²) in [7, 11) is -4.00. The normalized spacial score (nSPS) is 12.4. The molecule has 0 unspecified atom stereocenters. The predicted molar refractivity (Wildman–Crippen MR) is 165 cm³/mol. The molecule has 0 bridgehead atoms. The van der Waals surface area contributed by atoms with E-state index >= 15 is 0 Å². The molecule has 0 aliphatic heterocycles. The number of benzene rings is 4. The highest BCUT2D eigenvalue weighted by Crippen LogP contribution is 2.44. The fraction of sp³-hybridized carbons (Fsp3) is 0.241. The van der Waals surface area contributed by atoms with Crippen LogP contribution in [0.25, 0.3) is 10.8 Å². The molecule has 0 spiro atoms. The number of nitrogens with zero attached hydrogens (tertiary/aromatic N) is 4. The summed E-state index contributed by atoms with van der Waals surface area (Å²) in [6.07, 6.45) is 0. The Morgan fingerprint density at radius 2 is 1.40 bits per heavy atom. The van der Waals surface area contributed by atoms with Crippen molar-refractivity contribution in [2.75, 3.05) is 31.0 Å². The van der Waals surface area contributed by atoms with E-state index in [0.717, 1.165) is 6.07 Å². The highest BCUT2D eigenvalue weighted by atomic mass is 32.2. The Hall–Kier alpha value is -4.56. The van der Waals surface area contributed by atoms with Crippen molar-refractivity contribution in [1.29, 1.82) is 0 Å². The summed E-state index contributed by atoms with van der Waals surface area (Å²) < 4.78 is 54.3. The highest BCUT2D eigenvalue weighted by Gasteiger charge is 2.21. The Morgan fingerprint density at radius 1 is 0.767 bits per heavy atom. The molecule has 4 rings (SSSR count). The van der Waals surface area contributed by atoms with Gasteiger partial charge in [0.1, 0.15) is 33.5 Å². The van der Waals surface area contributed by atoms with Crippen molar-refractivity contribution in [3.05, 3.63) is 60.2 Å². The molecular formula is C29H31N5O7S2. The number of aryl methyl sites for hydroxylation is 1. The third kappa shape index (κ3) is 6.29. The van der Waals surface area contributed by atoms with Crippen LogP contribution in [0.5, 0.6) is 17.2 Å². The Labute approximate surface area is 249 Å². The topological polar surface area (TPSA) is 179 Å². The van der Waals surface area contributed by atoms with E-state index < -0.39 is 25.4 Å². The lowest BCUT2D eigenvalue weighted by molar-refractivity contribution is 0.399. The molecule has 0 aliphatic rings. The largest absolute Gasteiger partial charge is 0.506 e. The molecule has 4 aromatic rings. The number of methoxy groups -OCH3 is 1. The number of nitrogens with one attached hydrogen (secondary N) is 1. The van der Waals surface area contributed by atoms with Crippen molar-refractivity contribution in [2.24, 2.45) is 20.5 Å². The van der Waals surface area contributed by atoms with Gasteiger partial charge in [0, 0.05) is 30.0 Å². The summed E-state index contributed by atoms with van der Waals surface area (Å²) in [6, 6.07) is 13.5. The highest BCUT2D eigenvalue weighted by molar-refractivity contribution is 7.91. The van der Waals surface area contributed by atoms with Gasteiger partial charge in [-0.1, -0.05) is 13.8 Å². The predicted octanol–water partition coefficient (Wildman–Crippen LogP) is 7.03. The van der Waals surface area contributed by atoms with Gasteiger partial charge in [-0.2, -0.15) is 5.11 Å². The minimum atomic E-state index is -3.67. The van der Waals surface area contributed by atoms with E-state index in [9.17, 15) is 27.0 Å². The van der Waals surface area contributed by atoms with Crippen molar-refractivity contribution < 1.29 is 31.8 Å². The van der Waals surface area contributed by atoms with Gasteiger partial charge in [0.25, 0.3) is 0 Å². The lowest BCUT2D eigenvalue weighted by atomic mass is 10.1. The summed E-state index contributed by atoms with van der Waals surface area (Å²) in [5.74, 6) is -0.815. The van der Waals surface area contributed by atoms with Crippen molar-refractivity contribution in [1.82, 2.24) is 0 Å². The first-order valence-electron chi connectivity index (χ1n) is 13.1. The number of aromatic hydroxyl groups is 2. The average Bonchev–Trinajstić information content (AvgIpc) is 3.00. The third-order valence-corrected chi connectivity index (χ3v) is 10.3. The summed E-state index contributed by atoms with van der Waals surface area (Å²) in [5, 5.41) is 42.4. The quantitative estimate of drug-likeness (QED) is 0.157. The van der Waals surface area contributed by atoms with Crippen LogP contribution >= 0.6 is 0 Å². The van der Waals surface area contributed by atoms with Gasteiger partial charge in [-0.3, -0.25) is 0 Å². The number of sulfone groups is 2. The van der Waals surface area contributed by atoms with E-state index in [1.807, 2.05) is 0 Å². The number of hydrogen-bond donors (Lipinski definition) is 3. The van der Waals surface area contributed by atoms with Gasteiger partial charge < -0.3 is 20.3 Å². The number of phenols is 2. The van der Waals surface area contributed by atoms with E-state index in [4.69, 9.17) is 4.74 Å². The van der Waals surface area contributed by atoms with E-state index in [1.54, 1.807) is 51.2 Å². The van der Waals surface area contributed by atoms with Crippen LogP contribution in [0.15, 0.2) is 84.8 Å². The lowest BCUT2D eigenvalue weighted by Gasteiger charge is -2.11. The number of rotatable bonds is 10. The van der Waals surface area contributed by atoms with Gasteiger partial charge in [0.05, 0.1) is 34.9 Å². The Morgan fingerprint density at radius 3 is 2.02 bits per heavy atom. The van der Waals surface area contributed by atoms with Crippen molar-refractivity contribution in [2.45, 2.75) is 30.6 Å². The molecular weight excluding hydrogens is 594 g/mol. The molecule has 0 saturated carbocycles. The number of azo groups is 2. The van der Waals surface area contributed by atoms with E-state index in [0.29, 0.717) is 33.4 Å². The van der Waals surface area contributed by atoms with Crippen LogP contribution < -0.4 is 10.1 Å². The van der Waals surface area contributed by atoms with Crippen LogP contribution in [-0.4, -0.2) is 52.7 Å². The fourth-order valence-electron chi connectivity index (χ4n) is 4.24. The SMILES string of the molecule is CCS(=O)(=O)c1ccc(N=Nc2c(NC)ccc3c(O)c(N=Nc4cc(OC)c(S(=O)(=O)CC)cc4O)ccc23)c(C)c1. The van der Waals surface area contributed by atoms with Crippen molar-refractivity contribution in [3.63, 3.8) is 0 Å². The van der Waals surface area contributed by atoms with Crippen LogP contribution in [0.4, 0.5) is 28.4 Å². The molecule has 43 heavy (non-hydrogen) atoms. The van der Waals surface area contributed by atoms with E-state index in [2.05, 4.69) is 25.8 Å². The number of fused-ring (bicyclic) bond motifs is 1. The lowest BCUT2D eigenvalue weighted by Crippen LogP contribution is -2.05. The summed E-state index contributed by atoms with van der Waals surface area (Å²) in [6.45, 7) is 4.81. The Balaban J connectivity index is 1.74. The van der Waals surface area contributed by atoms with Gasteiger partial charge in [-0.25, -0.2) is 16.8 Å². The second-order valence-corrected chi connectivity index (χ2v) is 13.9. The monoisotopic (exact) mass is 625 g/mol. The maximum Gasteiger partial charge on any atom is 0.181 e. The molecule has 0 aromatic heterocycles. The van der Waals surface area contributed by atoms with Crippen LogP contribution in [0.3, 0.4) is 0 Å². The second-order valence-electron chi connectivity index (χ2n) is 9.39. The number of phenolic OH excluding ortho intramolecular Hbond substituents is 2. The Kier molecular flexibility index (Phi) is 9.01. The van der Waals surface area contributed by atoms with Crippen LogP contribution in [0.1, 0.15) is 19.4 Å². The summed E-state index contributed by atoms with van der Waals surface area (Å²) >= 11 is 0. The van der Waals surface area contributed by atoms with E-state index in [-0.39, 0.29) is 44.2 Å². The first-order valence-corrected chi connectivity index (χ1v) is 16.4. The summed E-state index contributed by atoms with van der Waals surface area (Å²) in [5.41, 5.74) is 2.21. The van der Waals surface area contributed by atoms with Crippen molar-refractivity contribution in [3.8, 4) is 17.2 Å². The average molecular weight is 626 g/mol. The molecule has 0 amide bonds. The van der Waals surface area contributed by atoms with Gasteiger partial charge >= 0.3 is 0 Å². The molecule has 0 atom stereocenters. The van der Waals surface area contributed by atoms with Crippen molar-refractivity contribution >= 4 is 58.9 Å². The van der Waals surface area contributed by atoms with Crippen LogP contribution in [0, 0.1) is 6.92 Å². The van der Waals surface area contributed by atoms with Gasteiger partial charge in [0.15, 0.2) is 25.4 Å². The maximum absolute atomic E-state index is 12.4. The molecule has 0 saturated heterocycles. The number of hydrogen-bond acceptors (Lipinski definition) is 12. The molecule has 0 aliphatic carbocycles. The minimum absolute atomic E-state index is 0.00259.